The standard InChI is InChI=1S/C25H41N3O4/c1-8-10-16-26-22(29)21(20-15-13-12-14-18(20)3)28(17-11-9-2)23(30)19(4)27-24(31)32-25(5,6)7/h12-15,19,21H,8-11,16-17H2,1-7H3,(H,26,29)(H,27,31). The van der Waals surface area contributed by atoms with Crippen LogP contribution in [0.25, 0.3) is 0 Å². The summed E-state index contributed by atoms with van der Waals surface area (Å²) in [6.45, 7) is 13.9. The highest BCUT2D eigenvalue weighted by Gasteiger charge is 2.34. The van der Waals surface area contributed by atoms with Crippen LogP contribution in [0.5, 0.6) is 0 Å². The number of aryl methyl sites for hydroxylation is 1. The second kappa shape index (κ2) is 13.1. The number of benzene rings is 1. The number of rotatable bonds is 11. The molecule has 1 rings (SSSR count). The summed E-state index contributed by atoms with van der Waals surface area (Å²) in [6.07, 6.45) is 2.79. The molecule has 2 unspecified atom stereocenters. The summed E-state index contributed by atoms with van der Waals surface area (Å²) in [7, 11) is 0. The number of nitrogens with one attached hydrogen (secondary N) is 2. The average Bonchev–Trinajstić information content (AvgIpc) is 2.70. The smallest absolute Gasteiger partial charge is 0.408 e. The summed E-state index contributed by atoms with van der Waals surface area (Å²) in [5.41, 5.74) is 1.05. The van der Waals surface area contributed by atoms with Crippen LogP contribution in [-0.4, -0.2) is 47.5 Å². The Bertz CT molecular complexity index is 758. The summed E-state index contributed by atoms with van der Waals surface area (Å²) < 4.78 is 5.30. The molecule has 0 radical (unpaired) electrons. The van der Waals surface area contributed by atoms with Crippen molar-refractivity contribution >= 4 is 17.9 Å². The zero-order valence-corrected chi connectivity index (χ0v) is 20.8. The second-order valence-electron chi connectivity index (χ2n) is 9.16. The van der Waals surface area contributed by atoms with Crippen molar-refractivity contribution in [3.05, 3.63) is 35.4 Å². The SMILES string of the molecule is CCCCNC(=O)C(c1ccccc1C)N(CCCC)C(=O)C(C)NC(=O)OC(C)(C)C. The van der Waals surface area contributed by atoms with Gasteiger partial charge in [0.2, 0.25) is 11.8 Å². The number of ether oxygens (including phenoxy) is 1. The van der Waals surface area contributed by atoms with Crippen molar-refractivity contribution in [1.29, 1.82) is 0 Å². The molecule has 0 aliphatic heterocycles. The summed E-state index contributed by atoms with van der Waals surface area (Å²) >= 11 is 0. The van der Waals surface area contributed by atoms with Gasteiger partial charge in [0.15, 0.2) is 0 Å². The third-order valence-electron chi connectivity index (χ3n) is 5.01. The van der Waals surface area contributed by atoms with Crippen molar-refractivity contribution < 1.29 is 19.1 Å². The van der Waals surface area contributed by atoms with Crippen molar-refractivity contribution in [3.63, 3.8) is 0 Å². The number of hydrogen-bond donors (Lipinski definition) is 2. The van der Waals surface area contributed by atoms with Gasteiger partial charge in [-0.2, -0.15) is 0 Å². The second-order valence-corrected chi connectivity index (χ2v) is 9.16. The Balaban J connectivity index is 3.24. The van der Waals surface area contributed by atoms with Crippen molar-refractivity contribution in [3.8, 4) is 0 Å². The Morgan fingerprint density at radius 1 is 1.06 bits per heavy atom. The Morgan fingerprint density at radius 2 is 1.69 bits per heavy atom. The van der Waals surface area contributed by atoms with Crippen LogP contribution in [0.4, 0.5) is 4.79 Å². The summed E-state index contributed by atoms with van der Waals surface area (Å²) in [4.78, 5) is 40.6. The first-order valence-electron chi connectivity index (χ1n) is 11.6. The molecule has 0 bridgehead atoms. The molecule has 0 spiro atoms. The number of carbonyl (C=O) groups excluding carboxylic acids is 3. The van der Waals surface area contributed by atoms with E-state index >= 15 is 0 Å². The van der Waals surface area contributed by atoms with E-state index in [1.54, 1.807) is 32.6 Å². The topological polar surface area (TPSA) is 87.7 Å². The lowest BCUT2D eigenvalue weighted by molar-refractivity contribution is -0.142. The van der Waals surface area contributed by atoms with Gasteiger partial charge in [-0.15, -0.1) is 0 Å². The van der Waals surface area contributed by atoms with Crippen molar-refractivity contribution in [2.24, 2.45) is 0 Å². The third-order valence-corrected chi connectivity index (χ3v) is 5.01. The summed E-state index contributed by atoms with van der Waals surface area (Å²) in [5, 5.41) is 5.61. The van der Waals surface area contributed by atoms with Gasteiger partial charge in [-0.25, -0.2) is 4.79 Å². The number of unbranched alkanes of at least 4 members (excludes halogenated alkanes) is 2. The summed E-state index contributed by atoms with van der Waals surface area (Å²) in [6, 6.07) is 6.01. The maximum Gasteiger partial charge on any atom is 0.408 e. The highest BCUT2D eigenvalue weighted by Crippen LogP contribution is 2.26. The van der Waals surface area contributed by atoms with E-state index in [1.807, 2.05) is 38.1 Å². The van der Waals surface area contributed by atoms with Crippen molar-refractivity contribution in [2.75, 3.05) is 13.1 Å². The first kappa shape index (κ1) is 27.5. The lowest BCUT2D eigenvalue weighted by Crippen LogP contribution is -2.52. The maximum atomic E-state index is 13.5. The van der Waals surface area contributed by atoms with Crippen LogP contribution in [0.1, 0.15) is 84.4 Å². The molecule has 32 heavy (non-hydrogen) atoms. The molecule has 7 nitrogen and oxygen atoms in total. The van der Waals surface area contributed by atoms with Crippen LogP contribution in [0.3, 0.4) is 0 Å². The fraction of sp³-hybridized carbons (Fsp3) is 0.640. The number of carbonyl (C=O) groups is 3. The molecular formula is C25H41N3O4. The van der Waals surface area contributed by atoms with Crippen LogP contribution >= 0.6 is 0 Å². The Morgan fingerprint density at radius 3 is 2.25 bits per heavy atom. The van der Waals surface area contributed by atoms with Gasteiger partial charge in [-0.3, -0.25) is 9.59 Å². The van der Waals surface area contributed by atoms with Gasteiger partial charge in [0.25, 0.3) is 0 Å². The van der Waals surface area contributed by atoms with E-state index in [1.165, 1.54) is 0 Å². The molecular weight excluding hydrogens is 406 g/mol. The van der Waals surface area contributed by atoms with Crippen LogP contribution in [-0.2, 0) is 14.3 Å². The van der Waals surface area contributed by atoms with Gasteiger partial charge in [0.1, 0.15) is 17.7 Å². The molecule has 3 amide bonds. The van der Waals surface area contributed by atoms with Crippen LogP contribution in [0, 0.1) is 6.92 Å². The van der Waals surface area contributed by atoms with E-state index < -0.39 is 23.8 Å². The van der Waals surface area contributed by atoms with Gasteiger partial charge < -0.3 is 20.3 Å². The maximum absolute atomic E-state index is 13.5. The monoisotopic (exact) mass is 447 g/mol. The van der Waals surface area contributed by atoms with E-state index in [9.17, 15) is 14.4 Å². The minimum atomic E-state index is -0.836. The van der Waals surface area contributed by atoms with Gasteiger partial charge in [0.05, 0.1) is 0 Å². The fourth-order valence-corrected chi connectivity index (χ4v) is 3.32. The zero-order chi connectivity index (χ0) is 24.3. The molecule has 0 fully saturated rings. The quantitative estimate of drug-likeness (QED) is 0.489. The van der Waals surface area contributed by atoms with Crippen LogP contribution in [0.2, 0.25) is 0 Å². The molecule has 0 saturated carbocycles. The lowest BCUT2D eigenvalue weighted by atomic mass is 9.98. The van der Waals surface area contributed by atoms with Gasteiger partial charge in [-0.1, -0.05) is 51.0 Å². The first-order chi connectivity index (χ1) is 15.0. The molecule has 0 saturated heterocycles. The minimum Gasteiger partial charge on any atom is -0.444 e. The van der Waals surface area contributed by atoms with Crippen LogP contribution < -0.4 is 10.6 Å². The molecule has 180 valence electrons. The van der Waals surface area contributed by atoms with Gasteiger partial charge >= 0.3 is 6.09 Å². The Kier molecular flexibility index (Phi) is 11.2. The number of alkyl carbamates (subject to hydrolysis) is 1. The molecule has 2 atom stereocenters. The molecule has 7 heteroatoms. The fourth-order valence-electron chi connectivity index (χ4n) is 3.32. The third kappa shape index (κ3) is 8.89. The van der Waals surface area contributed by atoms with Crippen molar-refractivity contribution in [1.82, 2.24) is 15.5 Å². The predicted octanol–water partition coefficient (Wildman–Crippen LogP) is 4.49. The number of nitrogens with zero attached hydrogens (tertiary/aromatic N) is 1. The first-order valence-corrected chi connectivity index (χ1v) is 11.6. The molecule has 1 aromatic carbocycles. The highest BCUT2D eigenvalue weighted by atomic mass is 16.6. The van der Waals surface area contributed by atoms with E-state index in [4.69, 9.17) is 4.74 Å². The Hall–Kier alpha value is -2.57. The summed E-state index contributed by atoms with van der Waals surface area (Å²) in [5.74, 6) is -0.523. The Labute approximate surface area is 193 Å². The lowest BCUT2D eigenvalue weighted by Gasteiger charge is -2.34. The highest BCUT2D eigenvalue weighted by molar-refractivity contribution is 5.92. The van der Waals surface area contributed by atoms with Crippen LogP contribution in [0.15, 0.2) is 24.3 Å². The molecule has 1 aromatic rings. The minimum absolute atomic E-state index is 0.207. The molecule has 0 heterocycles. The van der Waals surface area contributed by atoms with E-state index in [-0.39, 0.29) is 11.8 Å². The normalized spacial score (nSPS) is 13.1. The predicted molar refractivity (Wildman–Crippen MR) is 127 cm³/mol. The molecule has 2 N–H and O–H groups in total. The van der Waals surface area contributed by atoms with Gasteiger partial charge in [0, 0.05) is 13.1 Å². The van der Waals surface area contributed by atoms with E-state index in [0.29, 0.717) is 13.1 Å². The zero-order valence-electron chi connectivity index (χ0n) is 20.8. The number of amides is 3. The molecule has 0 aliphatic carbocycles. The van der Waals surface area contributed by atoms with Gasteiger partial charge in [-0.05, 0) is 58.6 Å². The molecule has 0 aliphatic rings. The van der Waals surface area contributed by atoms with Crippen molar-refractivity contribution in [2.45, 2.75) is 91.8 Å². The van der Waals surface area contributed by atoms with E-state index in [2.05, 4.69) is 17.6 Å². The average molecular weight is 448 g/mol. The molecule has 0 aromatic heterocycles. The largest absolute Gasteiger partial charge is 0.444 e. The number of hydrogen-bond acceptors (Lipinski definition) is 4. The van der Waals surface area contributed by atoms with E-state index in [0.717, 1.165) is 36.8 Å².